The van der Waals surface area contributed by atoms with E-state index in [1.165, 1.54) is 0 Å². The lowest BCUT2D eigenvalue weighted by Crippen LogP contribution is -2.26. The summed E-state index contributed by atoms with van der Waals surface area (Å²) in [6.07, 6.45) is 3.62. The van der Waals surface area contributed by atoms with E-state index < -0.39 is 0 Å². The molecule has 0 aliphatic heterocycles. The SMILES string of the molecule is CCN(Cc1ccccn1)c1ncccc1[C@H](C)N. The van der Waals surface area contributed by atoms with Crippen molar-refractivity contribution in [3.8, 4) is 0 Å². The molecule has 2 aromatic rings. The monoisotopic (exact) mass is 256 g/mol. The van der Waals surface area contributed by atoms with Crippen molar-refractivity contribution >= 4 is 5.82 Å². The van der Waals surface area contributed by atoms with Gasteiger partial charge >= 0.3 is 0 Å². The van der Waals surface area contributed by atoms with Crippen molar-refractivity contribution in [3.05, 3.63) is 54.0 Å². The Kier molecular flexibility index (Phi) is 4.47. The molecule has 0 aliphatic rings. The summed E-state index contributed by atoms with van der Waals surface area (Å²) in [7, 11) is 0. The highest BCUT2D eigenvalue weighted by Gasteiger charge is 2.14. The lowest BCUT2D eigenvalue weighted by molar-refractivity contribution is 0.753. The molecule has 0 radical (unpaired) electrons. The molecule has 4 nitrogen and oxygen atoms in total. The first-order chi connectivity index (χ1) is 9.22. The molecule has 0 spiro atoms. The van der Waals surface area contributed by atoms with E-state index in [1.807, 2.05) is 49.6 Å². The van der Waals surface area contributed by atoms with E-state index in [-0.39, 0.29) is 6.04 Å². The second-order valence-corrected chi connectivity index (χ2v) is 4.54. The van der Waals surface area contributed by atoms with Crippen molar-refractivity contribution in [2.75, 3.05) is 11.4 Å². The second kappa shape index (κ2) is 6.29. The Morgan fingerprint density at radius 1 is 1.16 bits per heavy atom. The van der Waals surface area contributed by atoms with E-state index in [4.69, 9.17) is 5.73 Å². The van der Waals surface area contributed by atoms with Gasteiger partial charge in [0.05, 0.1) is 12.2 Å². The second-order valence-electron chi connectivity index (χ2n) is 4.54. The topological polar surface area (TPSA) is 55.0 Å². The molecule has 2 aromatic heterocycles. The van der Waals surface area contributed by atoms with E-state index in [9.17, 15) is 0 Å². The van der Waals surface area contributed by atoms with Gasteiger partial charge in [-0.1, -0.05) is 12.1 Å². The van der Waals surface area contributed by atoms with Crippen LogP contribution in [0.5, 0.6) is 0 Å². The largest absolute Gasteiger partial charge is 0.351 e. The molecular formula is C15H20N4. The minimum Gasteiger partial charge on any atom is -0.351 e. The standard InChI is InChI=1S/C15H20N4/c1-3-19(11-13-7-4-5-9-17-13)15-14(12(2)16)8-6-10-18-15/h4-10,12H,3,11,16H2,1-2H3/t12-/m0/s1. The number of pyridine rings is 2. The van der Waals surface area contributed by atoms with Crippen LogP contribution in [-0.2, 0) is 6.54 Å². The van der Waals surface area contributed by atoms with Crippen LogP contribution in [0.1, 0.15) is 31.1 Å². The smallest absolute Gasteiger partial charge is 0.133 e. The van der Waals surface area contributed by atoms with Crippen molar-refractivity contribution in [1.82, 2.24) is 9.97 Å². The molecule has 19 heavy (non-hydrogen) atoms. The number of hydrogen-bond donors (Lipinski definition) is 1. The van der Waals surface area contributed by atoms with Crippen LogP contribution in [0.2, 0.25) is 0 Å². The number of rotatable bonds is 5. The first kappa shape index (κ1) is 13.5. The number of aromatic nitrogens is 2. The zero-order valence-electron chi connectivity index (χ0n) is 11.5. The predicted octanol–water partition coefficient (Wildman–Crippen LogP) is 2.52. The highest BCUT2D eigenvalue weighted by Crippen LogP contribution is 2.23. The minimum atomic E-state index is -0.0264. The molecule has 0 saturated carbocycles. The number of nitrogens with zero attached hydrogens (tertiary/aromatic N) is 3. The van der Waals surface area contributed by atoms with Crippen LogP contribution in [0.3, 0.4) is 0 Å². The summed E-state index contributed by atoms with van der Waals surface area (Å²) in [6.45, 7) is 5.71. The molecule has 2 N–H and O–H groups in total. The Bertz CT molecular complexity index is 511. The fourth-order valence-electron chi connectivity index (χ4n) is 2.05. The molecule has 2 rings (SSSR count). The van der Waals surface area contributed by atoms with Gasteiger partial charge < -0.3 is 10.6 Å². The molecule has 2 heterocycles. The van der Waals surface area contributed by atoms with Gasteiger partial charge in [0, 0.05) is 30.5 Å². The zero-order valence-corrected chi connectivity index (χ0v) is 11.5. The van der Waals surface area contributed by atoms with Crippen LogP contribution in [0.4, 0.5) is 5.82 Å². The molecule has 100 valence electrons. The maximum absolute atomic E-state index is 6.02. The van der Waals surface area contributed by atoms with Gasteiger partial charge in [0.15, 0.2) is 0 Å². The average Bonchev–Trinajstić information content (AvgIpc) is 2.46. The molecule has 0 fully saturated rings. The van der Waals surface area contributed by atoms with Crippen LogP contribution < -0.4 is 10.6 Å². The molecule has 4 heteroatoms. The Morgan fingerprint density at radius 2 is 1.95 bits per heavy atom. The van der Waals surface area contributed by atoms with Gasteiger partial charge in [-0.05, 0) is 32.0 Å². The van der Waals surface area contributed by atoms with Crippen LogP contribution in [-0.4, -0.2) is 16.5 Å². The molecule has 0 amide bonds. The Hall–Kier alpha value is -1.94. The van der Waals surface area contributed by atoms with Gasteiger partial charge in [0.1, 0.15) is 5.82 Å². The Balaban J connectivity index is 2.27. The maximum Gasteiger partial charge on any atom is 0.133 e. The summed E-state index contributed by atoms with van der Waals surface area (Å²) in [6, 6.07) is 9.89. The number of anilines is 1. The average molecular weight is 256 g/mol. The molecule has 0 unspecified atom stereocenters. The summed E-state index contributed by atoms with van der Waals surface area (Å²) in [5.41, 5.74) is 8.12. The maximum atomic E-state index is 6.02. The summed E-state index contributed by atoms with van der Waals surface area (Å²) in [5, 5.41) is 0. The molecule has 0 saturated heterocycles. The lowest BCUT2D eigenvalue weighted by atomic mass is 10.1. The van der Waals surface area contributed by atoms with Crippen LogP contribution in [0, 0.1) is 0 Å². The van der Waals surface area contributed by atoms with Gasteiger partial charge in [-0.3, -0.25) is 4.98 Å². The fraction of sp³-hybridized carbons (Fsp3) is 0.333. The third-order valence-corrected chi connectivity index (χ3v) is 3.07. The molecule has 0 aromatic carbocycles. The summed E-state index contributed by atoms with van der Waals surface area (Å²) in [5.74, 6) is 0.950. The highest BCUT2D eigenvalue weighted by atomic mass is 15.2. The fourth-order valence-corrected chi connectivity index (χ4v) is 2.05. The van der Waals surface area contributed by atoms with E-state index in [2.05, 4.69) is 21.8 Å². The van der Waals surface area contributed by atoms with E-state index in [0.717, 1.165) is 30.2 Å². The van der Waals surface area contributed by atoms with Gasteiger partial charge in [0.2, 0.25) is 0 Å². The molecule has 1 atom stereocenters. The summed E-state index contributed by atoms with van der Waals surface area (Å²) in [4.78, 5) is 11.0. The van der Waals surface area contributed by atoms with Gasteiger partial charge in [-0.25, -0.2) is 4.98 Å². The van der Waals surface area contributed by atoms with E-state index in [1.54, 1.807) is 0 Å². The van der Waals surface area contributed by atoms with Crippen LogP contribution in [0.15, 0.2) is 42.7 Å². The highest BCUT2D eigenvalue weighted by molar-refractivity contribution is 5.48. The summed E-state index contributed by atoms with van der Waals surface area (Å²) < 4.78 is 0. The van der Waals surface area contributed by atoms with Crippen LogP contribution in [0.25, 0.3) is 0 Å². The van der Waals surface area contributed by atoms with Gasteiger partial charge in [-0.15, -0.1) is 0 Å². The van der Waals surface area contributed by atoms with Gasteiger partial charge in [-0.2, -0.15) is 0 Å². The molecule has 0 bridgehead atoms. The molecular weight excluding hydrogens is 236 g/mol. The van der Waals surface area contributed by atoms with Crippen molar-refractivity contribution in [3.63, 3.8) is 0 Å². The lowest BCUT2D eigenvalue weighted by Gasteiger charge is -2.25. The number of hydrogen-bond acceptors (Lipinski definition) is 4. The van der Waals surface area contributed by atoms with E-state index in [0.29, 0.717) is 0 Å². The molecule has 0 aliphatic carbocycles. The van der Waals surface area contributed by atoms with Crippen molar-refractivity contribution in [2.45, 2.75) is 26.4 Å². The zero-order chi connectivity index (χ0) is 13.7. The Labute approximate surface area is 114 Å². The predicted molar refractivity (Wildman–Crippen MR) is 77.8 cm³/mol. The van der Waals surface area contributed by atoms with E-state index >= 15 is 0 Å². The Morgan fingerprint density at radius 3 is 2.58 bits per heavy atom. The number of nitrogens with two attached hydrogens (primary N) is 1. The third kappa shape index (κ3) is 3.29. The van der Waals surface area contributed by atoms with Gasteiger partial charge in [0.25, 0.3) is 0 Å². The first-order valence-corrected chi connectivity index (χ1v) is 6.57. The van der Waals surface area contributed by atoms with Crippen molar-refractivity contribution in [2.24, 2.45) is 5.73 Å². The summed E-state index contributed by atoms with van der Waals surface area (Å²) >= 11 is 0. The minimum absolute atomic E-state index is 0.0264. The quantitative estimate of drug-likeness (QED) is 0.893. The van der Waals surface area contributed by atoms with Crippen molar-refractivity contribution < 1.29 is 0 Å². The third-order valence-electron chi connectivity index (χ3n) is 3.07. The normalized spacial score (nSPS) is 12.2. The van der Waals surface area contributed by atoms with Crippen LogP contribution >= 0.6 is 0 Å². The first-order valence-electron chi connectivity index (χ1n) is 6.57. The van der Waals surface area contributed by atoms with Crippen molar-refractivity contribution in [1.29, 1.82) is 0 Å².